The minimum Gasteiger partial charge on any atom is -0.379 e. The van der Waals surface area contributed by atoms with Crippen molar-refractivity contribution in [1.29, 1.82) is 0 Å². The van der Waals surface area contributed by atoms with Gasteiger partial charge in [0.1, 0.15) is 0 Å². The Morgan fingerprint density at radius 1 is 1.45 bits per heavy atom. The molecular formula is C16H24BrN3O2. The summed E-state index contributed by atoms with van der Waals surface area (Å²) in [5, 5.41) is 6.64. The van der Waals surface area contributed by atoms with E-state index in [-0.39, 0.29) is 12.1 Å². The van der Waals surface area contributed by atoms with Crippen LogP contribution in [0.5, 0.6) is 0 Å². The zero-order chi connectivity index (χ0) is 15.8. The van der Waals surface area contributed by atoms with Crippen molar-refractivity contribution >= 4 is 21.9 Å². The molecule has 1 heterocycles. The Kier molecular flexibility index (Phi) is 7.15. The summed E-state index contributed by atoms with van der Waals surface area (Å²) in [6.45, 7) is 4.98. The number of nitrogens with one attached hydrogen (secondary N) is 2. The lowest BCUT2D eigenvalue weighted by molar-refractivity contribution is 0.0347. The van der Waals surface area contributed by atoms with Crippen LogP contribution in [0.4, 0.5) is 0 Å². The molecular weight excluding hydrogens is 346 g/mol. The fourth-order valence-electron chi connectivity index (χ4n) is 2.18. The van der Waals surface area contributed by atoms with Gasteiger partial charge in [0.05, 0.1) is 19.3 Å². The molecule has 1 aromatic carbocycles. The van der Waals surface area contributed by atoms with Gasteiger partial charge in [-0.05, 0) is 31.0 Å². The number of aliphatic imine (C=N–C) groups is 1. The van der Waals surface area contributed by atoms with E-state index in [0.29, 0.717) is 13.2 Å². The second kappa shape index (κ2) is 9.12. The van der Waals surface area contributed by atoms with Gasteiger partial charge < -0.3 is 20.1 Å². The van der Waals surface area contributed by atoms with Crippen molar-refractivity contribution in [3.05, 3.63) is 34.3 Å². The van der Waals surface area contributed by atoms with E-state index in [9.17, 15) is 0 Å². The van der Waals surface area contributed by atoms with Crippen molar-refractivity contribution in [3.8, 4) is 0 Å². The second-order valence-corrected chi connectivity index (χ2v) is 6.33. The van der Waals surface area contributed by atoms with Crippen molar-refractivity contribution in [1.82, 2.24) is 10.6 Å². The molecule has 0 radical (unpaired) electrons. The van der Waals surface area contributed by atoms with Crippen molar-refractivity contribution in [3.63, 3.8) is 0 Å². The Hall–Kier alpha value is -1.11. The number of guanidine groups is 1. The van der Waals surface area contributed by atoms with Crippen LogP contribution >= 0.6 is 15.9 Å². The highest BCUT2D eigenvalue weighted by Gasteiger charge is 2.17. The Balaban J connectivity index is 1.70. The minimum atomic E-state index is 0.191. The summed E-state index contributed by atoms with van der Waals surface area (Å²) in [5.41, 5.74) is 1.21. The lowest BCUT2D eigenvalue weighted by Gasteiger charge is -2.19. The third-order valence-corrected chi connectivity index (χ3v) is 3.98. The van der Waals surface area contributed by atoms with Gasteiger partial charge in [-0.1, -0.05) is 28.1 Å². The van der Waals surface area contributed by atoms with Crippen LogP contribution in [0, 0.1) is 0 Å². The first-order chi connectivity index (χ1) is 10.7. The van der Waals surface area contributed by atoms with E-state index in [1.807, 2.05) is 12.1 Å². The largest absolute Gasteiger partial charge is 0.379 e. The quantitative estimate of drug-likeness (QED) is 0.596. The van der Waals surface area contributed by atoms with Gasteiger partial charge >= 0.3 is 0 Å². The molecule has 1 aromatic rings. The fourth-order valence-corrected chi connectivity index (χ4v) is 2.45. The Labute approximate surface area is 140 Å². The Morgan fingerprint density at radius 2 is 2.23 bits per heavy atom. The first kappa shape index (κ1) is 17.2. The summed E-state index contributed by atoms with van der Waals surface area (Å²) >= 11 is 3.44. The molecule has 0 amide bonds. The number of ether oxygens (including phenoxy) is 2. The van der Waals surface area contributed by atoms with Crippen LogP contribution in [0.25, 0.3) is 0 Å². The Bertz CT molecular complexity index is 473. The molecule has 0 aliphatic carbocycles. The molecule has 0 spiro atoms. The zero-order valence-corrected chi connectivity index (χ0v) is 14.7. The van der Waals surface area contributed by atoms with Crippen molar-refractivity contribution in [2.24, 2.45) is 4.99 Å². The number of nitrogens with zero attached hydrogens (tertiary/aromatic N) is 1. The van der Waals surface area contributed by atoms with Crippen LogP contribution in [0.1, 0.15) is 18.9 Å². The number of rotatable bonds is 6. The van der Waals surface area contributed by atoms with Gasteiger partial charge in [-0.2, -0.15) is 0 Å². The Morgan fingerprint density at radius 3 is 2.86 bits per heavy atom. The molecule has 2 N–H and O–H groups in total. The molecule has 0 saturated carbocycles. The predicted octanol–water partition coefficient (Wildman–Crippen LogP) is 2.31. The van der Waals surface area contributed by atoms with Crippen molar-refractivity contribution in [2.45, 2.75) is 32.0 Å². The number of hydrogen-bond acceptors (Lipinski definition) is 3. The highest BCUT2D eigenvalue weighted by atomic mass is 79.9. The molecule has 2 atom stereocenters. The SMILES string of the molecule is CN=C(NCc1ccc(Br)cc1)NC(C)COC1CCOC1. The smallest absolute Gasteiger partial charge is 0.191 e. The van der Waals surface area contributed by atoms with E-state index >= 15 is 0 Å². The minimum absolute atomic E-state index is 0.191. The zero-order valence-electron chi connectivity index (χ0n) is 13.1. The van der Waals surface area contributed by atoms with Crippen LogP contribution in [0.15, 0.2) is 33.7 Å². The summed E-state index contributed by atoms with van der Waals surface area (Å²) in [5.74, 6) is 0.779. The first-order valence-corrected chi connectivity index (χ1v) is 8.37. The molecule has 0 aromatic heterocycles. The van der Waals surface area contributed by atoms with Gasteiger partial charge in [0.2, 0.25) is 0 Å². The highest BCUT2D eigenvalue weighted by molar-refractivity contribution is 9.10. The molecule has 1 fully saturated rings. The normalized spacial score (nSPS) is 20.0. The average Bonchev–Trinajstić information content (AvgIpc) is 3.04. The summed E-state index contributed by atoms with van der Waals surface area (Å²) in [6.07, 6.45) is 1.23. The molecule has 1 saturated heterocycles. The number of benzene rings is 1. The molecule has 0 bridgehead atoms. The third kappa shape index (κ3) is 5.94. The summed E-state index contributed by atoms with van der Waals surface area (Å²) < 4.78 is 12.2. The standard InChI is InChI=1S/C16H24BrN3O2/c1-12(10-22-15-7-8-21-11-15)20-16(18-2)19-9-13-3-5-14(17)6-4-13/h3-6,12,15H,7-11H2,1-2H3,(H2,18,19,20). The molecule has 5 nitrogen and oxygen atoms in total. The van der Waals surface area contributed by atoms with Gasteiger partial charge in [0, 0.05) is 30.7 Å². The fraction of sp³-hybridized carbons (Fsp3) is 0.562. The van der Waals surface area contributed by atoms with E-state index in [0.717, 1.165) is 30.0 Å². The van der Waals surface area contributed by atoms with E-state index in [1.54, 1.807) is 7.05 Å². The second-order valence-electron chi connectivity index (χ2n) is 5.42. The van der Waals surface area contributed by atoms with Crippen LogP contribution in [0.2, 0.25) is 0 Å². The predicted molar refractivity (Wildman–Crippen MR) is 92.1 cm³/mol. The van der Waals surface area contributed by atoms with Gasteiger partial charge in [0.25, 0.3) is 0 Å². The van der Waals surface area contributed by atoms with Crippen LogP contribution in [0.3, 0.4) is 0 Å². The lowest BCUT2D eigenvalue weighted by atomic mass is 10.2. The van der Waals surface area contributed by atoms with Crippen molar-refractivity contribution in [2.75, 3.05) is 26.9 Å². The maximum absolute atomic E-state index is 5.81. The molecule has 6 heteroatoms. The van der Waals surface area contributed by atoms with Crippen LogP contribution in [-0.2, 0) is 16.0 Å². The molecule has 1 aliphatic rings. The molecule has 2 unspecified atom stereocenters. The van der Waals surface area contributed by atoms with Crippen LogP contribution in [-0.4, -0.2) is 45.0 Å². The summed E-state index contributed by atoms with van der Waals surface area (Å²) in [7, 11) is 1.77. The van der Waals surface area contributed by atoms with Crippen molar-refractivity contribution < 1.29 is 9.47 Å². The van der Waals surface area contributed by atoms with Gasteiger partial charge in [-0.25, -0.2) is 0 Å². The highest BCUT2D eigenvalue weighted by Crippen LogP contribution is 2.10. The molecule has 122 valence electrons. The van der Waals surface area contributed by atoms with E-state index in [2.05, 4.69) is 50.6 Å². The van der Waals surface area contributed by atoms with E-state index < -0.39 is 0 Å². The maximum Gasteiger partial charge on any atom is 0.191 e. The van der Waals surface area contributed by atoms with E-state index in [4.69, 9.17) is 9.47 Å². The van der Waals surface area contributed by atoms with Gasteiger partial charge in [-0.15, -0.1) is 0 Å². The lowest BCUT2D eigenvalue weighted by Crippen LogP contribution is -2.44. The summed E-state index contributed by atoms with van der Waals surface area (Å²) in [4.78, 5) is 4.25. The van der Waals surface area contributed by atoms with Crippen LogP contribution < -0.4 is 10.6 Å². The molecule has 2 rings (SSSR count). The average molecular weight is 370 g/mol. The molecule has 22 heavy (non-hydrogen) atoms. The maximum atomic E-state index is 5.81. The monoisotopic (exact) mass is 369 g/mol. The van der Waals surface area contributed by atoms with E-state index in [1.165, 1.54) is 5.56 Å². The first-order valence-electron chi connectivity index (χ1n) is 7.58. The topological polar surface area (TPSA) is 54.9 Å². The van der Waals surface area contributed by atoms with Gasteiger partial charge in [-0.3, -0.25) is 4.99 Å². The molecule has 1 aliphatic heterocycles. The number of halogens is 1. The van der Waals surface area contributed by atoms with Gasteiger partial charge in [0.15, 0.2) is 5.96 Å². The number of hydrogen-bond donors (Lipinski definition) is 2. The third-order valence-electron chi connectivity index (χ3n) is 3.45. The summed E-state index contributed by atoms with van der Waals surface area (Å²) in [6, 6.07) is 8.42.